The molecule has 1 amide bonds. The lowest BCUT2D eigenvalue weighted by atomic mass is 9.89. The lowest BCUT2D eigenvalue weighted by Gasteiger charge is -2.40. The fourth-order valence-electron chi connectivity index (χ4n) is 5.01. The van der Waals surface area contributed by atoms with Gasteiger partial charge < -0.3 is 24.2 Å². The number of hydrogen-bond acceptors (Lipinski definition) is 6. The van der Waals surface area contributed by atoms with Crippen LogP contribution in [0, 0.1) is 0 Å². The second kappa shape index (κ2) is 9.96. The van der Waals surface area contributed by atoms with E-state index in [9.17, 15) is 23.1 Å². The normalized spacial score (nSPS) is 18.4. The minimum atomic E-state index is -4.68. The van der Waals surface area contributed by atoms with Crippen molar-refractivity contribution >= 4 is 6.09 Å². The first-order valence-corrected chi connectivity index (χ1v) is 12.3. The molecule has 2 aliphatic rings. The molecule has 10 heteroatoms. The summed E-state index contributed by atoms with van der Waals surface area (Å²) in [5.41, 5.74) is -0.386. The van der Waals surface area contributed by atoms with E-state index in [-0.39, 0.29) is 35.6 Å². The first kappa shape index (κ1) is 26.9. The predicted octanol–water partition coefficient (Wildman–Crippen LogP) is 5.46. The summed E-state index contributed by atoms with van der Waals surface area (Å²) in [7, 11) is 1.40. The third kappa shape index (κ3) is 5.44. The topological polar surface area (TPSA) is 71.5 Å². The zero-order chi connectivity index (χ0) is 27.1. The molecular weight excluding hydrogens is 489 g/mol. The SMILES string of the molecule is CCc1c2c(cc(OC)c1-c1c(O)cccc1C(F)(F)F)CN1CCN(C(=O)OC(C)(C)C)C[C@@H]1CO2. The Bertz CT molecular complexity index is 1180. The second-order valence-electron chi connectivity index (χ2n) is 10.3. The van der Waals surface area contributed by atoms with Gasteiger partial charge in [-0.1, -0.05) is 13.0 Å². The third-order valence-corrected chi connectivity index (χ3v) is 6.64. The van der Waals surface area contributed by atoms with E-state index in [0.717, 1.165) is 11.6 Å². The number of carbonyl (C=O) groups is 1. The summed E-state index contributed by atoms with van der Waals surface area (Å²) in [6.07, 6.45) is -4.70. The molecule has 2 aliphatic heterocycles. The molecule has 1 fully saturated rings. The van der Waals surface area contributed by atoms with Crippen molar-refractivity contribution in [2.75, 3.05) is 33.4 Å². The number of rotatable bonds is 3. The average Bonchev–Trinajstić information content (AvgIpc) is 2.99. The van der Waals surface area contributed by atoms with Gasteiger partial charge in [0.05, 0.1) is 18.7 Å². The van der Waals surface area contributed by atoms with Crippen LogP contribution in [0.15, 0.2) is 24.3 Å². The van der Waals surface area contributed by atoms with Crippen LogP contribution in [0.3, 0.4) is 0 Å². The second-order valence-corrected chi connectivity index (χ2v) is 10.3. The number of carbonyl (C=O) groups excluding carboxylic acids is 1. The van der Waals surface area contributed by atoms with Gasteiger partial charge in [-0.15, -0.1) is 0 Å². The molecule has 37 heavy (non-hydrogen) atoms. The quantitative estimate of drug-likeness (QED) is 0.577. The van der Waals surface area contributed by atoms with Crippen molar-refractivity contribution < 1.29 is 37.3 Å². The number of fused-ring (bicyclic) bond motifs is 2. The number of halogens is 3. The number of hydrogen-bond donors (Lipinski definition) is 1. The van der Waals surface area contributed by atoms with E-state index in [2.05, 4.69) is 4.90 Å². The summed E-state index contributed by atoms with van der Waals surface area (Å²) in [6, 6.07) is 4.93. The van der Waals surface area contributed by atoms with Gasteiger partial charge in [0.25, 0.3) is 0 Å². The van der Waals surface area contributed by atoms with Gasteiger partial charge in [-0.05, 0) is 45.4 Å². The van der Waals surface area contributed by atoms with E-state index in [1.54, 1.807) is 11.0 Å². The van der Waals surface area contributed by atoms with Gasteiger partial charge in [0, 0.05) is 48.4 Å². The predicted molar refractivity (Wildman–Crippen MR) is 132 cm³/mol. The Balaban J connectivity index is 1.74. The van der Waals surface area contributed by atoms with Crippen molar-refractivity contribution in [2.45, 2.75) is 58.5 Å². The molecule has 0 unspecified atom stereocenters. The molecule has 2 heterocycles. The summed E-state index contributed by atoms with van der Waals surface area (Å²) in [5.74, 6) is 0.242. The Hall–Kier alpha value is -3.14. The maximum atomic E-state index is 14.0. The Kier molecular flexibility index (Phi) is 7.25. The van der Waals surface area contributed by atoms with Crippen molar-refractivity contribution in [1.29, 1.82) is 0 Å². The van der Waals surface area contributed by atoms with Crippen molar-refractivity contribution in [3.8, 4) is 28.4 Å². The summed E-state index contributed by atoms with van der Waals surface area (Å²) in [6.45, 7) is 9.51. The Morgan fingerprint density at radius 1 is 1.19 bits per heavy atom. The molecule has 1 N–H and O–H groups in total. The smallest absolute Gasteiger partial charge is 0.417 e. The summed E-state index contributed by atoms with van der Waals surface area (Å²) < 4.78 is 59.3. The van der Waals surface area contributed by atoms with Gasteiger partial charge in [0.2, 0.25) is 0 Å². The Labute approximate surface area is 214 Å². The van der Waals surface area contributed by atoms with Gasteiger partial charge in [0.15, 0.2) is 0 Å². The molecule has 7 nitrogen and oxygen atoms in total. The number of piperazine rings is 1. The molecule has 1 saturated heterocycles. The zero-order valence-corrected chi connectivity index (χ0v) is 21.7. The van der Waals surface area contributed by atoms with Crippen LogP contribution in [-0.4, -0.2) is 66.0 Å². The molecule has 0 aliphatic carbocycles. The Morgan fingerprint density at radius 3 is 2.54 bits per heavy atom. The van der Waals surface area contributed by atoms with E-state index in [1.165, 1.54) is 19.2 Å². The maximum absolute atomic E-state index is 14.0. The van der Waals surface area contributed by atoms with E-state index >= 15 is 0 Å². The fraction of sp³-hybridized carbons (Fsp3) is 0.519. The maximum Gasteiger partial charge on any atom is 0.417 e. The van der Waals surface area contributed by atoms with Gasteiger partial charge in [0.1, 0.15) is 29.5 Å². The summed E-state index contributed by atoms with van der Waals surface area (Å²) in [5, 5.41) is 10.6. The van der Waals surface area contributed by atoms with Crippen LogP contribution < -0.4 is 9.47 Å². The van der Waals surface area contributed by atoms with Crippen molar-refractivity contribution in [3.05, 3.63) is 41.0 Å². The number of aromatic hydroxyl groups is 1. The van der Waals surface area contributed by atoms with Gasteiger partial charge in [-0.3, -0.25) is 4.90 Å². The van der Waals surface area contributed by atoms with E-state index < -0.39 is 23.1 Å². The highest BCUT2D eigenvalue weighted by Gasteiger charge is 2.39. The number of benzene rings is 2. The van der Waals surface area contributed by atoms with E-state index in [0.29, 0.717) is 43.9 Å². The first-order chi connectivity index (χ1) is 17.3. The molecule has 2 aromatic rings. The van der Waals surface area contributed by atoms with Crippen LogP contribution in [0.4, 0.5) is 18.0 Å². The van der Waals surface area contributed by atoms with E-state index in [4.69, 9.17) is 14.2 Å². The van der Waals surface area contributed by atoms with Crippen molar-refractivity contribution in [3.63, 3.8) is 0 Å². The Morgan fingerprint density at radius 2 is 1.92 bits per heavy atom. The molecule has 0 saturated carbocycles. The summed E-state index contributed by atoms with van der Waals surface area (Å²) >= 11 is 0. The minimum Gasteiger partial charge on any atom is -0.507 e. The number of methoxy groups -OCH3 is 1. The third-order valence-electron chi connectivity index (χ3n) is 6.64. The van der Waals surface area contributed by atoms with Crippen molar-refractivity contribution in [2.24, 2.45) is 0 Å². The van der Waals surface area contributed by atoms with Crippen molar-refractivity contribution in [1.82, 2.24) is 9.80 Å². The largest absolute Gasteiger partial charge is 0.507 e. The first-order valence-electron chi connectivity index (χ1n) is 12.3. The number of phenols is 1. The number of nitrogens with zero attached hydrogens (tertiary/aromatic N) is 2. The summed E-state index contributed by atoms with van der Waals surface area (Å²) in [4.78, 5) is 16.5. The fourth-order valence-corrected chi connectivity index (χ4v) is 5.01. The average molecular weight is 523 g/mol. The monoisotopic (exact) mass is 522 g/mol. The molecule has 1 atom stereocenters. The number of amides is 1. The minimum absolute atomic E-state index is 0.122. The van der Waals surface area contributed by atoms with Gasteiger partial charge in [-0.25, -0.2) is 4.79 Å². The number of alkyl halides is 3. The highest BCUT2D eigenvalue weighted by Crippen LogP contribution is 2.50. The van der Waals surface area contributed by atoms with Crippen LogP contribution >= 0.6 is 0 Å². The van der Waals surface area contributed by atoms with Gasteiger partial charge >= 0.3 is 12.3 Å². The molecule has 2 aromatic carbocycles. The van der Waals surface area contributed by atoms with Crippen LogP contribution in [0.5, 0.6) is 17.2 Å². The van der Waals surface area contributed by atoms with Crippen LogP contribution in [0.25, 0.3) is 11.1 Å². The van der Waals surface area contributed by atoms with Gasteiger partial charge in [-0.2, -0.15) is 13.2 Å². The standard InChI is InChI=1S/C27H33F3N2O5/c1-6-18-22(23-19(27(28,29)30)8-7-9-20(23)33)21(35-5)12-16-13-31-10-11-32(25(34)37-26(2,3)4)14-17(31)15-36-24(16)18/h7-9,12,17,33H,6,10-11,13-15H2,1-5H3/t17-/m1/s1. The molecule has 202 valence electrons. The lowest BCUT2D eigenvalue weighted by Crippen LogP contribution is -2.56. The van der Waals surface area contributed by atoms with Crippen LogP contribution in [-0.2, 0) is 23.9 Å². The lowest BCUT2D eigenvalue weighted by molar-refractivity contribution is -0.137. The zero-order valence-electron chi connectivity index (χ0n) is 21.7. The molecule has 0 spiro atoms. The van der Waals surface area contributed by atoms with E-state index in [1.807, 2.05) is 27.7 Å². The highest BCUT2D eigenvalue weighted by molar-refractivity contribution is 5.84. The van der Waals surface area contributed by atoms with Crippen LogP contribution in [0.2, 0.25) is 0 Å². The molecule has 0 aromatic heterocycles. The molecule has 0 radical (unpaired) electrons. The van der Waals surface area contributed by atoms with Crippen LogP contribution in [0.1, 0.15) is 44.4 Å². The highest BCUT2D eigenvalue weighted by atomic mass is 19.4. The number of ether oxygens (including phenoxy) is 3. The molecule has 4 rings (SSSR count). The molecular formula is C27H33F3N2O5. The number of phenolic OH excluding ortho intramolecular Hbond substituents is 1. The molecule has 0 bridgehead atoms.